The van der Waals surface area contributed by atoms with Crippen LogP contribution in [0.3, 0.4) is 0 Å². The van der Waals surface area contributed by atoms with Crippen molar-refractivity contribution in [3.8, 4) is 0 Å². The van der Waals surface area contributed by atoms with Crippen LogP contribution in [0.15, 0.2) is 11.0 Å². The Hall–Kier alpha value is -1.25. The van der Waals surface area contributed by atoms with Gasteiger partial charge in [-0.15, -0.1) is 0 Å². The Morgan fingerprint density at radius 1 is 1.48 bits per heavy atom. The van der Waals surface area contributed by atoms with Crippen molar-refractivity contribution in [2.75, 3.05) is 6.54 Å². The second-order valence-electron chi connectivity index (χ2n) is 4.73. The maximum absolute atomic E-state index is 13.6. The van der Waals surface area contributed by atoms with E-state index in [0.717, 1.165) is 12.8 Å². The maximum Gasteiger partial charge on any atom is 0.255 e. The van der Waals surface area contributed by atoms with Gasteiger partial charge in [-0.25, -0.2) is 22.3 Å². The lowest BCUT2D eigenvalue weighted by molar-refractivity contribution is 0.0751. The van der Waals surface area contributed by atoms with E-state index in [4.69, 9.17) is 16.7 Å². The summed E-state index contributed by atoms with van der Waals surface area (Å²) in [4.78, 5) is 12.6. The summed E-state index contributed by atoms with van der Waals surface area (Å²) >= 11 is 5.78. The highest BCUT2D eigenvalue weighted by Gasteiger charge is 2.35. The Balaban J connectivity index is 2.60. The second-order valence-corrected chi connectivity index (χ2v) is 6.61. The van der Waals surface area contributed by atoms with Crippen LogP contribution in [0.2, 0.25) is 5.02 Å². The van der Waals surface area contributed by atoms with Gasteiger partial charge >= 0.3 is 0 Å². The first-order chi connectivity index (χ1) is 9.68. The van der Waals surface area contributed by atoms with Gasteiger partial charge in [0.25, 0.3) is 5.91 Å². The summed E-state index contributed by atoms with van der Waals surface area (Å²) in [7, 11) is -4.60. The first-order valence-corrected chi connectivity index (χ1v) is 8.12. The van der Waals surface area contributed by atoms with Gasteiger partial charge in [-0.1, -0.05) is 11.6 Å². The summed E-state index contributed by atoms with van der Waals surface area (Å²) in [6, 6.07) is 0.615. The standard InChI is InChI=1S/C12H13ClF2N2O3S/c1-2-17(6-3-4-6)12(18)7-5-8(14)10(15)11(9(7)13)21(16,19)20/h5-6H,2-4H2,1H3,(H2,16,19,20). The van der Waals surface area contributed by atoms with Crippen molar-refractivity contribution >= 4 is 27.5 Å². The van der Waals surface area contributed by atoms with Crippen LogP contribution in [0.25, 0.3) is 0 Å². The monoisotopic (exact) mass is 338 g/mol. The molecule has 1 aromatic rings. The lowest BCUT2D eigenvalue weighted by Crippen LogP contribution is -2.33. The molecule has 1 aliphatic rings. The van der Waals surface area contributed by atoms with E-state index in [9.17, 15) is 22.0 Å². The molecule has 1 fully saturated rings. The van der Waals surface area contributed by atoms with E-state index in [1.54, 1.807) is 6.92 Å². The van der Waals surface area contributed by atoms with Crippen LogP contribution in [-0.2, 0) is 10.0 Å². The molecule has 5 nitrogen and oxygen atoms in total. The second kappa shape index (κ2) is 5.51. The summed E-state index contributed by atoms with van der Waals surface area (Å²) < 4.78 is 49.9. The molecule has 1 aromatic carbocycles. The highest BCUT2D eigenvalue weighted by molar-refractivity contribution is 7.89. The molecule has 9 heteroatoms. The predicted octanol–water partition coefficient (Wildman–Crippen LogP) is 1.89. The van der Waals surface area contributed by atoms with Crippen molar-refractivity contribution in [2.45, 2.75) is 30.7 Å². The van der Waals surface area contributed by atoms with Crippen LogP contribution in [-0.4, -0.2) is 31.8 Å². The molecule has 0 spiro atoms. The Kier molecular flexibility index (Phi) is 4.23. The molecular weight excluding hydrogens is 326 g/mol. The van der Waals surface area contributed by atoms with E-state index in [2.05, 4.69) is 0 Å². The lowest BCUT2D eigenvalue weighted by atomic mass is 10.1. The number of hydrogen-bond donors (Lipinski definition) is 1. The SMILES string of the molecule is CCN(C(=O)c1cc(F)c(F)c(S(N)(=O)=O)c1Cl)C1CC1. The number of sulfonamides is 1. The van der Waals surface area contributed by atoms with Crippen molar-refractivity contribution in [3.05, 3.63) is 28.3 Å². The third kappa shape index (κ3) is 3.02. The first kappa shape index (κ1) is 16.1. The topological polar surface area (TPSA) is 80.5 Å². The predicted molar refractivity (Wildman–Crippen MR) is 72.5 cm³/mol. The quantitative estimate of drug-likeness (QED) is 0.851. The molecule has 0 aliphatic heterocycles. The van der Waals surface area contributed by atoms with Gasteiger partial charge in [0.05, 0.1) is 10.6 Å². The molecule has 2 N–H and O–H groups in total. The summed E-state index contributed by atoms with van der Waals surface area (Å²) in [5, 5.41) is 4.14. The van der Waals surface area contributed by atoms with Crippen molar-refractivity contribution < 1.29 is 22.0 Å². The van der Waals surface area contributed by atoms with Crippen molar-refractivity contribution in [1.29, 1.82) is 0 Å². The summed E-state index contributed by atoms with van der Waals surface area (Å²) in [5.41, 5.74) is -0.409. The molecule has 2 rings (SSSR count). The number of hydrogen-bond acceptors (Lipinski definition) is 3. The Morgan fingerprint density at radius 3 is 2.48 bits per heavy atom. The number of carbonyl (C=O) groups excluding carboxylic acids is 1. The van der Waals surface area contributed by atoms with Gasteiger partial charge in [0.2, 0.25) is 10.0 Å². The van der Waals surface area contributed by atoms with Crippen LogP contribution < -0.4 is 5.14 Å². The highest BCUT2D eigenvalue weighted by Crippen LogP contribution is 2.33. The van der Waals surface area contributed by atoms with Gasteiger partial charge in [0.1, 0.15) is 4.90 Å². The molecule has 116 valence electrons. The molecule has 0 saturated heterocycles. The number of rotatable bonds is 4. The number of benzene rings is 1. The normalized spacial score (nSPS) is 15.1. The van der Waals surface area contributed by atoms with Crippen LogP contribution in [0.4, 0.5) is 8.78 Å². The zero-order valence-electron chi connectivity index (χ0n) is 11.1. The van der Waals surface area contributed by atoms with Gasteiger partial charge in [0.15, 0.2) is 11.6 Å². The number of amides is 1. The third-order valence-electron chi connectivity index (χ3n) is 3.22. The van der Waals surface area contributed by atoms with E-state index in [-0.39, 0.29) is 6.04 Å². The van der Waals surface area contributed by atoms with Crippen molar-refractivity contribution in [3.63, 3.8) is 0 Å². The van der Waals surface area contributed by atoms with E-state index in [1.165, 1.54) is 4.90 Å². The van der Waals surface area contributed by atoms with E-state index in [1.807, 2.05) is 0 Å². The zero-order chi connectivity index (χ0) is 15.9. The fourth-order valence-corrected chi connectivity index (χ4v) is 3.34. The van der Waals surface area contributed by atoms with E-state index < -0.39 is 43.0 Å². The first-order valence-electron chi connectivity index (χ1n) is 6.19. The van der Waals surface area contributed by atoms with Gasteiger partial charge in [0, 0.05) is 12.6 Å². The van der Waals surface area contributed by atoms with Crippen LogP contribution >= 0.6 is 11.6 Å². The largest absolute Gasteiger partial charge is 0.336 e. The molecule has 0 aromatic heterocycles. The van der Waals surface area contributed by atoms with Gasteiger partial charge in [-0.3, -0.25) is 4.79 Å². The molecule has 1 aliphatic carbocycles. The van der Waals surface area contributed by atoms with E-state index in [0.29, 0.717) is 12.6 Å². The van der Waals surface area contributed by atoms with Gasteiger partial charge in [-0.05, 0) is 25.8 Å². The molecule has 0 heterocycles. The third-order valence-corrected chi connectivity index (χ3v) is 4.68. The van der Waals surface area contributed by atoms with Crippen LogP contribution in [0.5, 0.6) is 0 Å². The minimum absolute atomic E-state index is 0.0182. The average Bonchev–Trinajstić information content (AvgIpc) is 3.17. The molecule has 0 radical (unpaired) electrons. The zero-order valence-corrected chi connectivity index (χ0v) is 12.6. The molecule has 1 saturated carbocycles. The molecule has 1 amide bonds. The Morgan fingerprint density at radius 2 is 2.05 bits per heavy atom. The fourth-order valence-electron chi connectivity index (χ4n) is 2.09. The maximum atomic E-state index is 13.6. The van der Waals surface area contributed by atoms with Crippen molar-refractivity contribution in [2.24, 2.45) is 5.14 Å². The molecule has 0 atom stereocenters. The molecular formula is C12H13ClF2N2O3S. The lowest BCUT2D eigenvalue weighted by Gasteiger charge is -2.21. The molecule has 21 heavy (non-hydrogen) atoms. The average molecular weight is 339 g/mol. The number of carbonyl (C=O) groups is 1. The fraction of sp³-hybridized carbons (Fsp3) is 0.417. The minimum atomic E-state index is -4.60. The smallest absolute Gasteiger partial charge is 0.255 e. The summed E-state index contributed by atoms with van der Waals surface area (Å²) in [5.74, 6) is -3.82. The number of primary sulfonamides is 1. The van der Waals surface area contributed by atoms with Crippen LogP contribution in [0, 0.1) is 11.6 Å². The summed E-state index contributed by atoms with van der Waals surface area (Å²) in [6.45, 7) is 2.08. The van der Waals surface area contributed by atoms with Crippen LogP contribution in [0.1, 0.15) is 30.1 Å². The number of nitrogens with zero attached hydrogens (tertiary/aromatic N) is 1. The molecule has 0 bridgehead atoms. The molecule has 0 unspecified atom stereocenters. The van der Waals surface area contributed by atoms with E-state index >= 15 is 0 Å². The Bertz CT molecular complexity index is 705. The van der Waals surface area contributed by atoms with Gasteiger partial charge in [-0.2, -0.15) is 0 Å². The van der Waals surface area contributed by atoms with Gasteiger partial charge < -0.3 is 4.90 Å². The highest BCUT2D eigenvalue weighted by atomic mass is 35.5. The minimum Gasteiger partial charge on any atom is -0.336 e. The van der Waals surface area contributed by atoms with Crippen molar-refractivity contribution in [1.82, 2.24) is 4.90 Å². The summed E-state index contributed by atoms with van der Waals surface area (Å²) in [6.07, 6.45) is 1.62. The number of halogens is 3. The Labute approximate surface area is 125 Å². The number of nitrogens with two attached hydrogens (primary N) is 1.